The molecule has 0 aromatic heterocycles. The molecule has 154 valence electrons. The number of alkyl halides is 3. The highest BCUT2D eigenvalue weighted by molar-refractivity contribution is 14.0. The Morgan fingerprint density at radius 1 is 1.19 bits per heavy atom. The van der Waals surface area contributed by atoms with Crippen molar-refractivity contribution in [2.75, 3.05) is 40.3 Å². The summed E-state index contributed by atoms with van der Waals surface area (Å²) in [6.07, 6.45) is -4.19. The molecule has 9 heteroatoms. The van der Waals surface area contributed by atoms with E-state index >= 15 is 0 Å². The van der Waals surface area contributed by atoms with Crippen molar-refractivity contribution in [2.45, 2.75) is 32.3 Å². The molecule has 1 atom stereocenters. The highest BCUT2D eigenvalue weighted by Gasteiger charge is 2.41. The summed E-state index contributed by atoms with van der Waals surface area (Å²) < 4.78 is 43.8. The standard InChI is InChI=1S/C18H27F3N4O.HI/c1-14(18(19,20)21)24-8-10-25(11-9-24)17(22-2)23-12-15-6-4-5-7-16(15)13-26-3;/h4-7,14H,8-13H2,1-3H3,(H,22,23);1H. The second-order valence-corrected chi connectivity index (χ2v) is 6.34. The van der Waals surface area contributed by atoms with Gasteiger partial charge in [0, 0.05) is 46.9 Å². The van der Waals surface area contributed by atoms with Crippen LogP contribution in [0.15, 0.2) is 29.3 Å². The van der Waals surface area contributed by atoms with Crippen LogP contribution in [0, 0.1) is 0 Å². The Labute approximate surface area is 176 Å². The van der Waals surface area contributed by atoms with E-state index in [9.17, 15) is 13.2 Å². The molecule has 5 nitrogen and oxygen atoms in total. The Balaban J connectivity index is 0.00000364. The van der Waals surface area contributed by atoms with E-state index in [0.717, 1.165) is 11.1 Å². The molecule has 1 aromatic carbocycles. The number of rotatable bonds is 5. The highest BCUT2D eigenvalue weighted by Crippen LogP contribution is 2.25. The van der Waals surface area contributed by atoms with Crippen LogP contribution in [0.4, 0.5) is 13.2 Å². The fourth-order valence-corrected chi connectivity index (χ4v) is 3.06. The first kappa shape index (κ1) is 24.0. The lowest BCUT2D eigenvalue weighted by molar-refractivity contribution is -0.181. The van der Waals surface area contributed by atoms with Crippen molar-refractivity contribution in [3.05, 3.63) is 35.4 Å². The van der Waals surface area contributed by atoms with E-state index in [1.54, 1.807) is 14.2 Å². The molecule has 0 amide bonds. The van der Waals surface area contributed by atoms with Gasteiger partial charge in [-0.3, -0.25) is 9.89 Å². The van der Waals surface area contributed by atoms with Crippen LogP contribution in [0.5, 0.6) is 0 Å². The Kier molecular flexibility index (Phi) is 9.82. The minimum absolute atomic E-state index is 0. The van der Waals surface area contributed by atoms with E-state index in [4.69, 9.17) is 4.74 Å². The molecule has 1 N–H and O–H groups in total. The topological polar surface area (TPSA) is 40.1 Å². The van der Waals surface area contributed by atoms with E-state index in [2.05, 4.69) is 10.3 Å². The zero-order chi connectivity index (χ0) is 19.2. The van der Waals surface area contributed by atoms with Gasteiger partial charge in [0.05, 0.1) is 6.61 Å². The fourth-order valence-electron chi connectivity index (χ4n) is 3.06. The number of hydrogen-bond donors (Lipinski definition) is 1. The number of ether oxygens (including phenoxy) is 1. The number of benzene rings is 1. The summed E-state index contributed by atoms with van der Waals surface area (Å²) in [6, 6.07) is 6.56. The summed E-state index contributed by atoms with van der Waals surface area (Å²) in [4.78, 5) is 7.75. The molecule has 0 spiro atoms. The number of piperazine rings is 1. The van der Waals surface area contributed by atoms with Crippen LogP contribution in [0.1, 0.15) is 18.1 Å². The Morgan fingerprint density at radius 3 is 2.30 bits per heavy atom. The van der Waals surface area contributed by atoms with Crippen molar-refractivity contribution < 1.29 is 17.9 Å². The minimum atomic E-state index is -4.19. The van der Waals surface area contributed by atoms with E-state index in [1.165, 1.54) is 11.8 Å². The van der Waals surface area contributed by atoms with Crippen molar-refractivity contribution in [1.29, 1.82) is 0 Å². The lowest BCUT2D eigenvalue weighted by Crippen LogP contribution is -2.56. The molecule has 0 saturated carbocycles. The third kappa shape index (κ3) is 6.79. The van der Waals surface area contributed by atoms with Crippen LogP contribution in [0.25, 0.3) is 0 Å². The van der Waals surface area contributed by atoms with Gasteiger partial charge < -0.3 is 15.0 Å². The predicted octanol–water partition coefficient (Wildman–Crippen LogP) is 3.09. The van der Waals surface area contributed by atoms with Crippen LogP contribution >= 0.6 is 24.0 Å². The Bertz CT molecular complexity index is 605. The zero-order valence-corrected chi connectivity index (χ0v) is 18.3. The van der Waals surface area contributed by atoms with Gasteiger partial charge in [0.2, 0.25) is 0 Å². The molecule has 1 aliphatic heterocycles. The summed E-state index contributed by atoms with van der Waals surface area (Å²) >= 11 is 0. The van der Waals surface area contributed by atoms with Crippen LogP contribution in [-0.4, -0.2) is 68.3 Å². The highest BCUT2D eigenvalue weighted by atomic mass is 127. The maximum Gasteiger partial charge on any atom is 0.403 e. The summed E-state index contributed by atoms with van der Waals surface area (Å²) in [5.74, 6) is 0.705. The molecular formula is C18H28F3IN4O. The number of aliphatic imine (C=N–C) groups is 1. The van der Waals surface area contributed by atoms with E-state index < -0.39 is 12.2 Å². The Morgan fingerprint density at radius 2 is 1.78 bits per heavy atom. The SMILES string of the molecule is CN=C(NCc1ccccc1COC)N1CCN(C(C)C(F)(F)F)CC1.I. The van der Waals surface area contributed by atoms with Crippen LogP contribution in [0.3, 0.4) is 0 Å². The van der Waals surface area contributed by atoms with Gasteiger partial charge in [0.1, 0.15) is 6.04 Å². The van der Waals surface area contributed by atoms with Crippen LogP contribution in [0.2, 0.25) is 0 Å². The minimum Gasteiger partial charge on any atom is -0.380 e. The van der Waals surface area contributed by atoms with Gasteiger partial charge in [-0.1, -0.05) is 24.3 Å². The quantitative estimate of drug-likeness (QED) is 0.384. The first-order valence-corrected chi connectivity index (χ1v) is 8.69. The lowest BCUT2D eigenvalue weighted by Gasteiger charge is -2.39. The molecule has 1 heterocycles. The number of halogens is 4. The van der Waals surface area contributed by atoms with Gasteiger partial charge in [-0.15, -0.1) is 24.0 Å². The molecule has 0 radical (unpaired) electrons. The second-order valence-electron chi connectivity index (χ2n) is 6.34. The molecule has 1 saturated heterocycles. The largest absolute Gasteiger partial charge is 0.403 e. The number of guanidine groups is 1. The zero-order valence-electron chi connectivity index (χ0n) is 15.9. The second kappa shape index (κ2) is 11.1. The molecule has 2 rings (SSSR count). The molecule has 1 aromatic rings. The number of hydrogen-bond acceptors (Lipinski definition) is 3. The molecule has 1 aliphatic rings. The van der Waals surface area contributed by atoms with Gasteiger partial charge in [-0.05, 0) is 18.1 Å². The summed E-state index contributed by atoms with van der Waals surface area (Å²) in [7, 11) is 3.35. The third-order valence-electron chi connectivity index (χ3n) is 4.70. The molecule has 1 unspecified atom stereocenters. The average Bonchev–Trinajstić information content (AvgIpc) is 2.63. The molecular weight excluding hydrogens is 472 g/mol. The van der Waals surface area contributed by atoms with Crippen molar-refractivity contribution in [1.82, 2.24) is 15.1 Å². The number of nitrogens with zero attached hydrogens (tertiary/aromatic N) is 3. The van der Waals surface area contributed by atoms with Gasteiger partial charge in [-0.25, -0.2) is 0 Å². The third-order valence-corrected chi connectivity index (χ3v) is 4.70. The smallest absolute Gasteiger partial charge is 0.380 e. The van der Waals surface area contributed by atoms with Crippen molar-refractivity contribution >= 4 is 29.9 Å². The van der Waals surface area contributed by atoms with E-state index in [0.29, 0.717) is 45.3 Å². The fraction of sp³-hybridized carbons (Fsp3) is 0.611. The van der Waals surface area contributed by atoms with Gasteiger partial charge in [0.15, 0.2) is 5.96 Å². The maximum absolute atomic E-state index is 12.9. The predicted molar refractivity (Wildman–Crippen MR) is 111 cm³/mol. The average molecular weight is 500 g/mol. The van der Waals surface area contributed by atoms with Crippen molar-refractivity contribution in [3.8, 4) is 0 Å². The van der Waals surface area contributed by atoms with Crippen molar-refractivity contribution in [2.24, 2.45) is 4.99 Å². The monoisotopic (exact) mass is 500 g/mol. The number of nitrogens with one attached hydrogen (secondary N) is 1. The van der Waals surface area contributed by atoms with Crippen LogP contribution < -0.4 is 5.32 Å². The molecule has 27 heavy (non-hydrogen) atoms. The normalized spacial score (nSPS) is 17.4. The molecule has 1 fully saturated rings. The first-order valence-electron chi connectivity index (χ1n) is 8.69. The molecule has 0 bridgehead atoms. The summed E-state index contributed by atoms with van der Waals surface area (Å²) in [6.45, 7) is 4.09. The molecule has 0 aliphatic carbocycles. The van der Waals surface area contributed by atoms with Gasteiger partial charge in [0.25, 0.3) is 0 Å². The van der Waals surface area contributed by atoms with Gasteiger partial charge >= 0.3 is 6.18 Å². The van der Waals surface area contributed by atoms with Gasteiger partial charge in [-0.2, -0.15) is 13.2 Å². The summed E-state index contributed by atoms with van der Waals surface area (Å²) in [5, 5.41) is 3.31. The van der Waals surface area contributed by atoms with E-state index in [1.807, 2.05) is 29.2 Å². The lowest BCUT2D eigenvalue weighted by atomic mass is 10.1. The maximum atomic E-state index is 12.9. The summed E-state index contributed by atoms with van der Waals surface area (Å²) in [5.41, 5.74) is 2.21. The first-order chi connectivity index (χ1) is 12.4. The Hall–Kier alpha value is -1.07. The van der Waals surface area contributed by atoms with E-state index in [-0.39, 0.29) is 24.0 Å². The van der Waals surface area contributed by atoms with Crippen LogP contribution in [-0.2, 0) is 17.9 Å². The number of methoxy groups -OCH3 is 1. The van der Waals surface area contributed by atoms with Crippen molar-refractivity contribution in [3.63, 3.8) is 0 Å².